The molecule has 1 aromatic heterocycles. The van der Waals surface area contributed by atoms with Crippen molar-refractivity contribution in [2.75, 3.05) is 19.8 Å². The summed E-state index contributed by atoms with van der Waals surface area (Å²) in [6.07, 6.45) is -2.21. The molecular formula is C28H47F3N4O4SSi. The molecule has 3 rings (SSSR count). The predicted molar refractivity (Wildman–Crippen MR) is 160 cm³/mol. The van der Waals surface area contributed by atoms with Gasteiger partial charge in [0, 0.05) is 26.0 Å². The van der Waals surface area contributed by atoms with Crippen molar-refractivity contribution in [3.05, 3.63) is 29.6 Å². The number of halogens is 3. The molecule has 1 aliphatic carbocycles. The smallest absolute Gasteiger partial charge is 0.416 e. The van der Waals surface area contributed by atoms with Gasteiger partial charge in [0.05, 0.1) is 36.4 Å². The molecule has 41 heavy (non-hydrogen) atoms. The maximum Gasteiger partial charge on any atom is 0.416 e. The molecule has 1 fully saturated rings. The van der Waals surface area contributed by atoms with Crippen molar-refractivity contribution in [2.45, 2.75) is 115 Å². The molecule has 8 nitrogen and oxygen atoms in total. The molecule has 0 spiro atoms. The zero-order valence-electron chi connectivity index (χ0n) is 25.6. The van der Waals surface area contributed by atoms with Gasteiger partial charge in [-0.15, -0.1) is 4.72 Å². The SMILES string of the molecule is CC(C)(C)[S+]([O-])N[C@@H](COC(C)(C)C(F)(F)F)c1nc2cc([C@H](N)COC3CC3)ccc2n1COCC[Si](C)(C)C. The second kappa shape index (κ2) is 13.2. The number of hydrogen-bond acceptors (Lipinski definition) is 7. The van der Waals surface area contributed by atoms with Crippen molar-refractivity contribution in [3.8, 4) is 0 Å². The average molecular weight is 621 g/mol. The minimum Gasteiger partial charge on any atom is -0.598 e. The zero-order chi connectivity index (χ0) is 30.8. The van der Waals surface area contributed by atoms with Gasteiger partial charge in [-0.25, -0.2) is 4.98 Å². The fourth-order valence-electron chi connectivity index (χ4n) is 3.74. The summed E-state index contributed by atoms with van der Waals surface area (Å²) in [5.41, 5.74) is 6.16. The van der Waals surface area contributed by atoms with E-state index in [1.54, 1.807) is 20.8 Å². The highest BCUT2D eigenvalue weighted by Crippen LogP contribution is 2.35. The fourth-order valence-corrected chi connectivity index (χ4v) is 5.29. The van der Waals surface area contributed by atoms with Gasteiger partial charge in [0.15, 0.2) is 5.60 Å². The molecule has 2 aromatic rings. The van der Waals surface area contributed by atoms with Crippen LogP contribution in [0.2, 0.25) is 25.7 Å². The van der Waals surface area contributed by atoms with E-state index in [-0.39, 0.29) is 18.9 Å². The summed E-state index contributed by atoms with van der Waals surface area (Å²) in [6.45, 7) is 14.7. The lowest BCUT2D eigenvalue weighted by atomic mass is 10.1. The van der Waals surface area contributed by atoms with Crippen molar-refractivity contribution >= 4 is 30.5 Å². The van der Waals surface area contributed by atoms with E-state index in [1.807, 2.05) is 22.8 Å². The number of ether oxygens (including phenoxy) is 3. The van der Waals surface area contributed by atoms with Gasteiger partial charge >= 0.3 is 6.18 Å². The Morgan fingerprint density at radius 1 is 1.15 bits per heavy atom. The third-order valence-corrected chi connectivity index (χ3v) is 10.2. The normalized spacial score (nSPS) is 17.7. The van der Waals surface area contributed by atoms with Crippen LogP contribution in [0.15, 0.2) is 18.2 Å². The number of alkyl halides is 3. The van der Waals surface area contributed by atoms with Crippen LogP contribution in [0.1, 0.15) is 70.9 Å². The molecule has 1 heterocycles. The van der Waals surface area contributed by atoms with Gasteiger partial charge in [0.25, 0.3) is 0 Å². The highest BCUT2D eigenvalue weighted by atomic mass is 32.2. The summed E-state index contributed by atoms with van der Waals surface area (Å²) in [6, 6.07) is 5.36. The maximum absolute atomic E-state index is 13.7. The molecule has 1 unspecified atom stereocenters. The topological polar surface area (TPSA) is 107 Å². The van der Waals surface area contributed by atoms with Crippen LogP contribution in [-0.4, -0.2) is 64.6 Å². The molecule has 3 N–H and O–H groups in total. The molecule has 0 amide bonds. The molecule has 3 atom stereocenters. The number of imidazole rings is 1. The molecule has 1 saturated carbocycles. The molecule has 0 bridgehead atoms. The first-order valence-electron chi connectivity index (χ1n) is 14.1. The first kappa shape index (κ1) is 34.3. The van der Waals surface area contributed by atoms with Crippen LogP contribution in [-0.2, 0) is 32.3 Å². The minimum absolute atomic E-state index is 0.134. The Morgan fingerprint density at radius 2 is 1.80 bits per heavy atom. The Hall–Kier alpha value is -1.19. The number of nitrogens with one attached hydrogen (secondary N) is 1. The molecule has 1 aliphatic rings. The van der Waals surface area contributed by atoms with E-state index >= 15 is 0 Å². The van der Waals surface area contributed by atoms with Crippen LogP contribution >= 0.6 is 0 Å². The second-order valence-corrected chi connectivity index (χ2v) is 21.1. The summed E-state index contributed by atoms with van der Waals surface area (Å²) in [4.78, 5) is 4.83. The Morgan fingerprint density at radius 3 is 2.37 bits per heavy atom. The monoisotopic (exact) mass is 620 g/mol. The van der Waals surface area contributed by atoms with Crippen LogP contribution in [0.5, 0.6) is 0 Å². The standard InChI is InChI=1S/C28H47F3N4O4SSi/c1-26(2,3)40(36)34-23(17-39-27(4,5)28(29,30)31)25-33-22-15-19(21(32)16-38-20-10-11-20)9-12-24(22)35(25)18-37-13-14-41(6,7)8/h9,12,15,20-21,23,34H,10-11,13-14,16-18,32H2,1-8H3/t21-,23+,40?/m1/s1. The lowest BCUT2D eigenvalue weighted by Crippen LogP contribution is -2.47. The summed E-state index contributed by atoms with van der Waals surface area (Å²) in [5.74, 6) is 0.378. The van der Waals surface area contributed by atoms with E-state index in [9.17, 15) is 17.7 Å². The molecule has 0 saturated heterocycles. The molecule has 13 heteroatoms. The molecule has 0 radical (unpaired) electrons. The highest BCUT2D eigenvalue weighted by molar-refractivity contribution is 7.90. The largest absolute Gasteiger partial charge is 0.598 e. The third kappa shape index (κ3) is 9.92. The number of nitrogens with two attached hydrogens (primary N) is 1. The van der Waals surface area contributed by atoms with Crippen LogP contribution in [0.4, 0.5) is 13.2 Å². The van der Waals surface area contributed by atoms with Gasteiger partial charge in [-0.2, -0.15) is 13.2 Å². The fraction of sp³-hybridized carbons (Fsp3) is 0.750. The van der Waals surface area contributed by atoms with E-state index in [4.69, 9.17) is 24.9 Å². The Kier molecular flexibility index (Phi) is 11.0. The van der Waals surface area contributed by atoms with Crippen molar-refractivity contribution in [1.82, 2.24) is 14.3 Å². The molecule has 234 valence electrons. The van der Waals surface area contributed by atoms with Crippen LogP contribution in [0.3, 0.4) is 0 Å². The lowest BCUT2D eigenvalue weighted by molar-refractivity contribution is -0.265. The Balaban J connectivity index is 1.99. The Labute approximate surface area is 246 Å². The molecule has 1 aromatic carbocycles. The van der Waals surface area contributed by atoms with Crippen LogP contribution in [0, 0.1) is 0 Å². The third-order valence-electron chi connectivity index (χ3n) is 6.89. The predicted octanol–water partition coefficient (Wildman–Crippen LogP) is 5.98. The number of rotatable bonds is 15. The van der Waals surface area contributed by atoms with E-state index in [0.29, 0.717) is 24.6 Å². The summed E-state index contributed by atoms with van der Waals surface area (Å²) >= 11 is -1.62. The minimum atomic E-state index is -4.59. The summed E-state index contributed by atoms with van der Waals surface area (Å²) in [7, 11) is -1.35. The second-order valence-electron chi connectivity index (χ2n) is 13.5. The van der Waals surface area contributed by atoms with Gasteiger partial charge in [-0.1, -0.05) is 25.7 Å². The van der Waals surface area contributed by atoms with Gasteiger partial charge in [-0.05, 0) is 71.2 Å². The maximum atomic E-state index is 13.7. The van der Waals surface area contributed by atoms with Crippen LogP contribution < -0.4 is 10.5 Å². The average Bonchev–Trinajstić information content (AvgIpc) is 3.60. The van der Waals surface area contributed by atoms with Gasteiger partial charge in [-0.3, -0.25) is 0 Å². The van der Waals surface area contributed by atoms with Crippen molar-refractivity contribution in [1.29, 1.82) is 0 Å². The van der Waals surface area contributed by atoms with Gasteiger partial charge in [0.2, 0.25) is 0 Å². The zero-order valence-corrected chi connectivity index (χ0v) is 27.4. The van der Waals surface area contributed by atoms with Crippen molar-refractivity contribution in [3.63, 3.8) is 0 Å². The number of aromatic nitrogens is 2. The van der Waals surface area contributed by atoms with Gasteiger partial charge in [0.1, 0.15) is 23.3 Å². The van der Waals surface area contributed by atoms with E-state index in [0.717, 1.165) is 43.8 Å². The van der Waals surface area contributed by atoms with E-state index in [1.165, 1.54) is 0 Å². The number of nitrogens with zero attached hydrogens (tertiary/aromatic N) is 2. The lowest BCUT2D eigenvalue weighted by Gasteiger charge is -2.32. The molecule has 0 aliphatic heterocycles. The van der Waals surface area contributed by atoms with Crippen LogP contribution in [0.25, 0.3) is 11.0 Å². The highest BCUT2D eigenvalue weighted by Gasteiger charge is 2.49. The van der Waals surface area contributed by atoms with E-state index < -0.39 is 48.6 Å². The van der Waals surface area contributed by atoms with Gasteiger partial charge < -0.3 is 29.1 Å². The van der Waals surface area contributed by atoms with Crippen molar-refractivity contribution in [2.24, 2.45) is 5.73 Å². The number of benzene rings is 1. The van der Waals surface area contributed by atoms with E-state index in [2.05, 4.69) is 24.4 Å². The quantitative estimate of drug-likeness (QED) is 0.143. The number of hydrogen-bond donors (Lipinski definition) is 2. The molecular weight excluding hydrogens is 573 g/mol. The summed E-state index contributed by atoms with van der Waals surface area (Å²) < 4.78 is 75.6. The van der Waals surface area contributed by atoms with Crippen molar-refractivity contribution < 1.29 is 31.9 Å². The first-order valence-corrected chi connectivity index (χ1v) is 19.0. The first-order chi connectivity index (χ1) is 18.8. The number of fused-ring (bicyclic) bond motifs is 1. The Bertz CT molecular complexity index is 1150. The summed E-state index contributed by atoms with van der Waals surface area (Å²) in [5, 5.41) is 0.